The van der Waals surface area contributed by atoms with E-state index in [0.717, 1.165) is 0 Å². The van der Waals surface area contributed by atoms with Crippen molar-refractivity contribution < 1.29 is 14.7 Å². The maximum Gasteiger partial charge on any atom is 0.270 e. The number of hydrogen-bond donors (Lipinski definition) is 2. The van der Waals surface area contributed by atoms with Gasteiger partial charge in [0.1, 0.15) is 11.3 Å². The van der Waals surface area contributed by atoms with Crippen LogP contribution >= 0.6 is 23.8 Å². The van der Waals surface area contributed by atoms with Crippen molar-refractivity contribution in [2.45, 2.75) is 0 Å². The summed E-state index contributed by atoms with van der Waals surface area (Å²) in [6, 6.07) is 12.8. The van der Waals surface area contributed by atoms with Gasteiger partial charge in [-0.3, -0.25) is 19.8 Å². The summed E-state index contributed by atoms with van der Waals surface area (Å²) < 4.78 is 0. The van der Waals surface area contributed by atoms with Crippen molar-refractivity contribution in [1.29, 1.82) is 0 Å². The first-order valence-corrected chi connectivity index (χ1v) is 7.70. The number of phenolic OH excluding ortho intramolecular Hbond substituents is 1. The van der Waals surface area contributed by atoms with Crippen LogP contribution in [0.4, 0.5) is 5.69 Å². The first kappa shape index (κ1) is 16.2. The van der Waals surface area contributed by atoms with Gasteiger partial charge in [0.2, 0.25) is 0 Å². The molecular weight excluding hydrogens is 348 g/mol. The molecule has 5 nitrogen and oxygen atoms in total. The molecule has 1 heterocycles. The molecule has 0 radical (unpaired) electrons. The summed E-state index contributed by atoms with van der Waals surface area (Å²) in [5.74, 6) is -1.09. The Morgan fingerprint density at radius 1 is 1.12 bits per heavy atom. The van der Waals surface area contributed by atoms with Gasteiger partial charge in [-0.15, -0.1) is 0 Å². The lowest BCUT2D eigenvalue weighted by Gasteiger charge is -2.28. The lowest BCUT2D eigenvalue weighted by atomic mass is 10.1. The number of nitrogens with zero attached hydrogens (tertiary/aromatic N) is 1. The molecule has 2 N–H and O–H groups in total. The highest BCUT2D eigenvalue weighted by Crippen LogP contribution is 2.24. The van der Waals surface area contributed by atoms with Gasteiger partial charge in [0.05, 0.1) is 5.69 Å². The molecule has 3 rings (SSSR count). The number of phenols is 1. The summed E-state index contributed by atoms with van der Waals surface area (Å²) in [7, 11) is 0. The van der Waals surface area contributed by atoms with E-state index in [1.807, 2.05) is 0 Å². The number of carbonyl (C=O) groups is 2. The van der Waals surface area contributed by atoms with E-state index < -0.39 is 11.8 Å². The predicted octanol–water partition coefficient (Wildman–Crippen LogP) is 2.88. The number of hydrogen-bond acceptors (Lipinski definition) is 4. The van der Waals surface area contributed by atoms with Crippen LogP contribution in [0.2, 0.25) is 5.02 Å². The van der Waals surface area contributed by atoms with Gasteiger partial charge >= 0.3 is 0 Å². The van der Waals surface area contributed by atoms with Crippen molar-refractivity contribution in [2.75, 3.05) is 4.90 Å². The van der Waals surface area contributed by atoms with Crippen LogP contribution in [0.15, 0.2) is 54.1 Å². The highest BCUT2D eigenvalue weighted by Gasteiger charge is 2.34. The van der Waals surface area contributed by atoms with Crippen LogP contribution in [0.3, 0.4) is 0 Å². The third kappa shape index (κ3) is 3.15. The Morgan fingerprint density at radius 3 is 2.50 bits per heavy atom. The first-order chi connectivity index (χ1) is 11.5. The molecule has 24 heavy (non-hydrogen) atoms. The Bertz CT molecular complexity index is 878. The van der Waals surface area contributed by atoms with Crippen molar-refractivity contribution in [1.82, 2.24) is 5.32 Å². The second-order valence-electron chi connectivity index (χ2n) is 5.03. The molecule has 2 aromatic rings. The molecule has 0 unspecified atom stereocenters. The third-order valence-electron chi connectivity index (χ3n) is 3.37. The van der Waals surface area contributed by atoms with E-state index >= 15 is 0 Å². The fraction of sp³-hybridized carbons (Fsp3) is 0. The van der Waals surface area contributed by atoms with Crippen molar-refractivity contribution in [2.24, 2.45) is 0 Å². The molecule has 0 saturated carbocycles. The number of nitrogens with one attached hydrogen (secondary N) is 1. The van der Waals surface area contributed by atoms with Crippen LogP contribution in [0.25, 0.3) is 6.08 Å². The van der Waals surface area contributed by atoms with Crippen LogP contribution in [0.1, 0.15) is 5.56 Å². The number of amides is 2. The summed E-state index contributed by atoms with van der Waals surface area (Å²) in [5, 5.41) is 12.5. The maximum absolute atomic E-state index is 12.7. The van der Waals surface area contributed by atoms with E-state index in [-0.39, 0.29) is 16.4 Å². The molecule has 1 fully saturated rings. The van der Waals surface area contributed by atoms with E-state index in [4.69, 9.17) is 23.8 Å². The Labute approximate surface area is 148 Å². The number of thiocarbonyl (C=S) groups is 1. The number of anilines is 1. The normalized spacial score (nSPS) is 16.5. The van der Waals surface area contributed by atoms with Gasteiger partial charge in [0, 0.05) is 5.02 Å². The molecule has 1 aliphatic rings. The van der Waals surface area contributed by atoms with E-state index in [0.29, 0.717) is 16.3 Å². The average Bonchev–Trinajstić information content (AvgIpc) is 2.53. The van der Waals surface area contributed by atoms with Crippen LogP contribution < -0.4 is 10.2 Å². The van der Waals surface area contributed by atoms with Crippen molar-refractivity contribution in [3.8, 4) is 5.75 Å². The zero-order valence-corrected chi connectivity index (χ0v) is 13.8. The second kappa shape index (κ2) is 6.43. The molecule has 0 aromatic heterocycles. The molecule has 0 aliphatic carbocycles. The monoisotopic (exact) mass is 358 g/mol. The number of halogens is 1. The molecule has 2 amide bonds. The Balaban J connectivity index is 2.01. The van der Waals surface area contributed by atoms with Crippen molar-refractivity contribution in [3.05, 3.63) is 64.7 Å². The molecular formula is C17H11ClN2O3S. The lowest BCUT2D eigenvalue weighted by Crippen LogP contribution is -2.54. The zero-order valence-electron chi connectivity index (χ0n) is 12.2. The van der Waals surface area contributed by atoms with E-state index in [1.54, 1.807) is 36.4 Å². The van der Waals surface area contributed by atoms with Gasteiger partial charge in [-0.05, 0) is 60.3 Å². The lowest BCUT2D eigenvalue weighted by molar-refractivity contribution is -0.122. The molecule has 1 saturated heterocycles. The average molecular weight is 359 g/mol. The fourth-order valence-corrected chi connectivity index (χ4v) is 2.67. The summed E-state index contributed by atoms with van der Waals surface area (Å²) in [6.07, 6.45) is 1.40. The Morgan fingerprint density at radius 2 is 1.83 bits per heavy atom. The summed E-state index contributed by atoms with van der Waals surface area (Å²) in [5.41, 5.74) is 0.942. The smallest absolute Gasteiger partial charge is 0.270 e. The molecule has 0 spiro atoms. The van der Waals surface area contributed by atoms with Crippen molar-refractivity contribution >= 4 is 52.5 Å². The quantitative estimate of drug-likeness (QED) is 0.492. The number of benzene rings is 2. The fourth-order valence-electron chi connectivity index (χ4n) is 2.26. The molecule has 0 atom stereocenters. The maximum atomic E-state index is 12.7. The van der Waals surface area contributed by atoms with Gasteiger partial charge in [0.15, 0.2) is 5.11 Å². The minimum Gasteiger partial charge on any atom is -0.508 e. The van der Waals surface area contributed by atoms with Gasteiger partial charge < -0.3 is 5.11 Å². The highest BCUT2D eigenvalue weighted by atomic mass is 35.5. The third-order valence-corrected chi connectivity index (χ3v) is 3.90. The SMILES string of the molecule is O=C1NC(=S)N(c2ccc(Cl)cc2)C(=O)/C1=C\c1cccc(O)c1. The van der Waals surface area contributed by atoms with Crippen LogP contribution in [-0.4, -0.2) is 22.0 Å². The summed E-state index contributed by atoms with van der Waals surface area (Å²) in [4.78, 5) is 26.1. The standard InChI is InChI=1S/C17H11ClN2O3S/c18-11-4-6-12(7-5-11)20-16(23)14(15(22)19-17(20)24)9-10-2-1-3-13(21)8-10/h1-9,21H,(H,19,22,24)/b14-9-. The molecule has 0 bridgehead atoms. The summed E-state index contributed by atoms with van der Waals surface area (Å²) >= 11 is 11.0. The molecule has 120 valence electrons. The topological polar surface area (TPSA) is 69.6 Å². The number of rotatable bonds is 2. The number of carbonyl (C=O) groups excluding carboxylic acids is 2. The molecule has 7 heteroatoms. The molecule has 1 aliphatic heterocycles. The van der Waals surface area contributed by atoms with Gasteiger partial charge in [-0.25, -0.2) is 0 Å². The van der Waals surface area contributed by atoms with E-state index in [1.165, 1.54) is 23.1 Å². The second-order valence-corrected chi connectivity index (χ2v) is 5.85. The van der Waals surface area contributed by atoms with Gasteiger partial charge in [-0.1, -0.05) is 23.7 Å². The Kier molecular flexibility index (Phi) is 4.33. The summed E-state index contributed by atoms with van der Waals surface area (Å²) in [6.45, 7) is 0. The largest absolute Gasteiger partial charge is 0.508 e. The van der Waals surface area contributed by atoms with E-state index in [9.17, 15) is 14.7 Å². The van der Waals surface area contributed by atoms with Gasteiger partial charge in [0.25, 0.3) is 11.8 Å². The Hall–Kier alpha value is -2.70. The number of aromatic hydroxyl groups is 1. The first-order valence-electron chi connectivity index (χ1n) is 6.92. The minimum absolute atomic E-state index is 0.000353. The van der Waals surface area contributed by atoms with Crippen LogP contribution in [0, 0.1) is 0 Å². The van der Waals surface area contributed by atoms with Gasteiger partial charge in [-0.2, -0.15) is 0 Å². The minimum atomic E-state index is -0.585. The predicted molar refractivity (Wildman–Crippen MR) is 95.8 cm³/mol. The van der Waals surface area contributed by atoms with Crippen molar-refractivity contribution in [3.63, 3.8) is 0 Å². The van der Waals surface area contributed by atoms with Crippen LogP contribution in [0.5, 0.6) is 5.75 Å². The highest BCUT2D eigenvalue weighted by molar-refractivity contribution is 7.80. The molecule has 2 aromatic carbocycles. The van der Waals surface area contributed by atoms with Crippen LogP contribution in [-0.2, 0) is 9.59 Å². The zero-order chi connectivity index (χ0) is 17.3. The van der Waals surface area contributed by atoms with E-state index in [2.05, 4.69) is 5.32 Å².